The summed E-state index contributed by atoms with van der Waals surface area (Å²) >= 11 is 12.5. The van der Waals surface area contributed by atoms with Crippen LogP contribution in [0.25, 0.3) is 10.9 Å². The fourth-order valence-corrected chi connectivity index (χ4v) is 2.75. The third-order valence-corrected chi connectivity index (χ3v) is 3.44. The van der Waals surface area contributed by atoms with Crippen LogP contribution in [0.1, 0.15) is 0 Å². The fourth-order valence-electron chi connectivity index (χ4n) is 1.27. The van der Waals surface area contributed by atoms with Gasteiger partial charge >= 0.3 is 0 Å². The summed E-state index contributed by atoms with van der Waals surface area (Å²) in [5.41, 5.74) is 0.415. The predicted molar refractivity (Wildman–Crippen MR) is 67.4 cm³/mol. The van der Waals surface area contributed by atoms with Gasteiger partial charge in [0.25, 0.3) is 5.56 Å². The first-order chi connectivity index (χ1) is 7.00. The van der Waals surface area contributed by atoms with E-state index in [1.165, 1.54) is 4.57 Å². The van der Waals surface area contributed by atoms with Crippen molar-refractivity contribution in [3.63, 3.8) is 0 Å². The fraction of sp³-hybridized carbons (Fsp3) is 0.111. The summed E-state index contributed by atoms with van der Waals surface area (Å²) in [4.78, 5) is 16.0. The van der Waals surface area contributed by atoms with E-state index in [9.17, 15) is 4.79 Å². The van der Waals surface area contributed by atoms with E-state index in [1.807, 2.05) is 6.07 Å². The highest BCUT2D eigenvalue weighted by molar-refractivity contribution is 9.11. The molecule has 0 aliphatic heterocycles. The lowest BCUT2D eigenvalue weighted by molar-refractivity contribution is 0.844. The highest BCUT2D eigenvalue weighted by atomic mass is 79.9. The molecule has 15 heavy (non-hydrogen) atoms. The maximum Gasteiger partial charge on any atom is 0.262 e. The predicted octanol–water partition coefficient (Wildman–Crippen LogP) is 3.11. The minimum atomic E-state index is -0.160. The van der Waals surface area contributed by atoms with Gasteiger partial charge in [0, 0.05) is 16.0 Å². The van der Waals surface area contributed by atoms with Gasteiger partial charge in [-0.25, -0.2) is 4.98 Å². The number of fused-ring (bicyclic) bond motifs is 1. The van der Waals surface area contributed by atoms with Gasteiger partial charge in [-0.05, 0) is 39.7 Å². The van der Waals surface area contributed by atoms with E-state index >= 15 is 0 Å². The monoisotopic (exact) mass is 350 g/mol. The topological polar surface area (TPSA) is 34.9 Å². The number of halogens is 3. The summed E-state index contributed by atoms with van der Waals surface area (Å²) in [5.74, 6) is 0. The first-order valence-electron chi connectivity index (χ1n) is 4.02. The highest BCUT2D eigenvalue weighted by Gasteiger charge is 2.09. The van der Waals surface area contributed by atoms with Crippen molar-refractivity contribution in [1.82, 2.24) is 9.55 Å². The van der Waals surface area contributed by atoms with Gasteiger partial charge in [-0.15, -0.1) is 0 Å². The van der Waals surface area contributed by atoms with Crippen LogP contribution in [0.3, 0.4) is 0 Å². The zero-order valence-corrected chi connectivity index (χ0v) is 11.5. The molecule has 0 bridgehead atoms. The zero-order valence-electron chi connectivity index (χ0n) is 7.59. The second kappa shape index (κ2) is 3.88. The standard InChI is InChI=1S/C9H5Br2ClN2O/c1-14-8(15)5-2-4(10)3-6(11)7(5)13-9(14)12/h2-3H,1H3. The molecule has 0 N–H and O–H groups in total. The van der Waals surface area contributed by atoms with Crippen LogP contribution in [0, 0.1) is 0 Å². The molecule has 2 rings (SSSR count). The number of benzene rings is 1. The average Bonchev–Trinajstić information content (AvgIpc) is 2.17. The number of hydrogen-bond donors (Lipinski definition) is 0. The van der Waals surface area contributed by atoms with E-state index in [2.05, 4.69) is 36.8 Å². The van der Waals surface area contributed by atoms with Crippen LogP contribution in [-0.2, 0) is 7.05 Å². The van der Waals surface area contributed by atoms with Crippen LogP contribution in [0.5, 0.6) is 0 Å². The maximum atomic E-state index is 11.9. The van der Waals surface area contributed by atoms with Crippen LogP contribution in [0.4, 0.5) is 0 Å². The Morgan fingerprint density at radius 2 is 2.07 bits per heavy atom. The molecule has 2 aromatic rings. The molecule has 0 spiro atoms. The molecular formula is C9H5Br2ClN2O. The van der Waals surface area contributed by atoms with E-state index in [1.54, 1.807) is 13.1 Å². The maximum absolute atomic E-state index is 11.9. The lowest BCUT2D eigenvalue weighted by atomic mass is 10.2. The highest BCUT2D eigenvalue weighted by Crippen LogP contribution is 2.25. The van der Waals surface area contributed by atoms with Crippen molar-refractivity contribution in [1.29, 1.82) is 0 Å². The summed E-state index contributed by atoms with van der Waals surface area (Å²) in [5, 5.41) is 0.707. The molecule has 1 aromatic heterocycles. The molecule has 3 nitrogen and oxygen atoms in total. The second-order valence-electron chi connectivity index (χ2n) is 3.03. The first-order valence-corrected chi connectivity index (χ1v) is 5.98. The Labute approximate surface area is 107 Å². The van der Waals surface area contributed by atoms with Crippen molar-refractivity contribution in [2.75, 3.05) is 0 Å². The molecule has 1 aromatic carbocycles. The van der Waals surface area contributed by atoms with Crippen molar-refractivity contribution in [2.24, 2.45) is 7.05 Å². The smallest absolute Gasteiger partial charge is 0.262 e. The third kappa shape index (κ3) is 1.84. The Kier molecular flexibility index (Phi) is 2.87. The van der Waals surface area contributed by atoms with Gasteiger partial charge in [0.15, 0.2) is 0 Å². The lowest BCUT2D eigenvalue weighted by Crippen LogP contribution is -2.18. The third-order valence-electron chi connectivity index (χ3n) is 2.04. The average molecular weight is 352 g/mol. The molecule has 0 saturated carbocycles. The molecule has 0 aliphatic carbocycles. The number of nitrogens with zero attached hydrogens (tertiary/aromatic N) is 2. The number of aromatic nitrogens is 2. The van der Waals surface area contributed by atoms with Gasteiger partial charge in [0.05, 0.1) is 10.9 Å². The van der Waals surface area contributed by atoms with Gasteiger partial charge in [-0.1, -0.05) is 15.9 Å². The summed E-state index contributed by atoms with van der Waals surface area (Å²) in [7, 11) is 1.59. The molecule has 0 aliphatic rings. The van der Waals surface area contributed by atoms with Gasteiger partial charge < -0.3 is 0 Å². The lowest BCUT2D eigenvalue weighted by Gasteiger charge is -2.05. The molecule has 0 amide bonds. The normalized spacial score (nSPS) is 10.9. The SMILES string of the molecule is Cn1c(Cl)nc2c(Br)cc(Br)cc2c1=O. The van der Waals surface area contributed by atoms with Crippen LogP contribution >= 0.6 is 43.5 Å². The molecule has 0 radical (unpaired) electrons. The first kappa shape index (κ1) is 11.1. The van der Waals surface area contributed by atoms with E-state index in [0.29, 0.717) is 10.9 Å². The molecule has 6 heteroatoms. The summed E-state index contributed by atoms with van der Waals surface area (Å²) in [6.45, 7) is 0. The number of rotatable bonds is 0. The van der Waals surface area contributed by atoms with Crippen LogP contribution in [0.15, 0.2) is 25.9 Å². The molecule has 0 fully saturated rings. The van der Waals surface area contributed by atoms with Gasteiger partial charge in [-0.3, -0.25) is 9.36 Å². The molecule has 1 heterocycles. The van der Waals surface area contributed by atoms with Crippen LogP contribution in [0.2, 0.25) is 5.28 Å². The number of hydrogen-bond acceptors (Lipinski definition) is 2. The Balaban J connectivity index is 3.06. The molecule has 0 saturated heterocycles. The van der Waals surface area contributed by atoms with E-state index < -0.39 is 0 Å². The summed E-state index contributed by atoms with van der Waals surface area (Å²) in [6.07, 6.45) is 0. The van der Waals surface area contributed by atoms with Crippen LogP contribution in [-0.4, -0.2) is 9.55 Å². The Hall–Kier alpha value is -0.390. The van der Waals surface area contributed by atoms with Crippen molar-refractivity contribution in [3.8, 4) is 0 Å². The summed E-state index contributed by atoms with van der Waals surface area (Å²) < 4.78 is 2.87. The Morgan fingerprint density at radius 3 is 2.73 bits per heavy atom. The van der Waals surface area contributed by atoms with E-state index in [4.69, 9.17) is 11.6 Å². The van der Waals surface area contributed by atoms with Crippen molar-refractivity contribution >= 4 is 54.4 Å². The minimum Gasteiger partial charge on any atom is -0.286 e. The summed E-state index contributed by atoms with van der Waals surface area (Å²) in [6, 6.07) is 3.55. The van der Waals surface area contributed by atoms with E-state index in [0.717, 1.165) is 8.95 Å². The Bertz CT molecular complexity index is 609. The van der Waals surface area contributed by atoms with E-state index in [-0.39, 0.29) is 10.8 Å². The van der Waals surface area contributed by atoms with Gasteiger partial charge in [0.2, 0.25) is 5.28 Å². The van der Waals surface area contributed by atoms with Crippen LogP contribution < -0.4 is 5.56 Å². The van der Waals surface area contributed by atoms with Crippen molar-refractivity contribution in [2.45, 2.75) is 0 Å². The molecule has 78 valence electrons. The van der Waals surface area contributed by atoms with Crippen molar-refractivity contribution < 1.29 is 0 Å². The minimum absolute atomic E-state index is 0.160. The molecular weight excluding hydrogens is 347 g/mol. The second-order valence-corrected chi connectivity index (χ2v) is 5.14. The quantitative estimate of drug-likeness (QED) is 0.683. The largest absolute Gasteiger partial charge is 0.286 e. The van der Waals surface area contributed by atoms with Gasteiger partial charge in [-0.2, -0.15) is 0 Å². The Morgan fingerprint density at radius 1 is 1.40 bits per heavy atom. The van der Waals surface area contributed by atoms with Crippen molar-refractivity contribution in [3.05, 3.63) is 36.7 Å². The van der Waals surface area contributed by atoms with Gasteiger partial charge in [0.1, 0.15) is 0 Å². The molecule has 0 unspecified atom stereocenters. The zero-order chi connectivity index (χ0) is 11.2. The molecule has 0 atom stereocenters.